The van der Waals surface area contributed by atoms with Crippen molar-refractivity contribution in [3.8, 4) is 17.9 Å². The molecule has 7 nitrogen and oxygen atoms in total. The molecule has 1 rings (SSSR count). The molecule has 0 aromatic heterocycles. The lowest BCUT2D eigenvalue weighted by Gasteiger charge is -2.09. The van der Waals surface area contributed by atoms with E-state index in [1.807, 2.05) is 0 Å². The molecule has 0 unspecified atom stereocenters. The number of carbonyl (C=O) groups is 1. The van der Waals surface area contributed by atoms with E-state index in [1.165, 1.54) is 19.2 Å². The maximum absolute atomic E-state index is 11.1. The van der Waals surface area contributed by atoms with E-state index in [2.05, 4.69) is 10.5 Å². The summed E-state index contributed by atoms with van der Waals surface area (Å²) in [5, 5.41) is 29.5. The van der Waals surface area contributed by atoms with E-state index < -0.39 is 11.7 Å². The van der Waals surface area contributed by atoms with E-state index in [0.717, 1.165) is 0 Å². The minimum atomic E-state index is -1.21. The third-order valence-electron chi connectivity index (χ3n) is 1.96. The fraction of sp³-hybridized carbons (Fsp3) is 0.0909. The van der Waals surface area contributed by atoms with Crippen molar-refractivity contribution >= 4 is 17.4 Å². The lowest BCUT2D eigenvalue weighted by Crippen LogP contribution is -2.06. The number of ether oxygens (including phenoxy) is 1. The van der Waals surface area contributed by atoms with Crippen LogP contribution in [0.2, 0.25) is 0 Å². The quantitative estimate of drug-likeness (QED) is 0.606. The second kappa shape index (κ2) is 5.87. The van der Waals surface area contributed by atoms with E-state index in [-0.39, 0.29) is 17.0 Å². The Morgan fingerprint density at radius 1 is 1.44 bits per heavy atom. The fourth-order valence-electron chi connectivity index (χ4n) is 1.21. The Morgan fingerprint density at radius 3 is 2.61 bits per heavy atom. The van der Waals surface area contributed by atoms with Crippen LogP contribution < -0.4 is 10.2 Å². The molecule has 1 aromatic rings. The van der Waals surface area contributed by atoms with E-state index >= 15 is 0 Å². The summed E-state index contributed by atoms with van der Waals surface area (Å²) in [5.74, 6) is -1.06. The van der Waals surface area contributed by atoms with Gasteiger partial charge in [0.05, 0.1) is 12.8 Å². The van der Waals surface area contributed by atoms with Gasteiger partial charge in [0.1, 0.15) is 23.5 Å². The predicted molar refractivity (Wildman–Crippen MR) is 62.2 cm³/mol. The Kier molecular flexibility index (Phi) is 4.24. The predicted octanol–water partition coefficient (Wildman–Crippen LogP) is 1.21. The van der Waals surface area contributed by atoms with Crippen molar-refractivity contribution in [1.29, 1.82) is 10.5 Å². The molecule has 0 saturated heterocycles. The molecule has 0 fully saturated rings. The Hall–Kier alpha value is -3.06. The van der Waals surface area contributed by atoms with Crippen molar-refractivity contribution in [1.82, 2.24) is 0 Å². The summed E-state index contributed by atoms with van der Waals surface area (Å²) in [6.45, 7) is 0. The fourth-order valence-corrected chi connectivity index (χ4v) is 1.21. The third kappa shape index (κ3) is 2.74. The number of carboxylic acids is 1. The number of carboxylic acid groups (broad SMARTS) is 1. The van der Waals surface area contributed by atoms with Crippen LogP contribution in [0.15, 0.2) is 23.3 Å². The number of nitrogens with zero attached hydrogens (tertiary/aromatic N) is 3. The van der Waals surface area contributed by atoms with Crippen LogP contribution in [0.4, 0.5) is 5.69 Å². The summed E-state index contributed by atoms with van der Waals surface area (Å²) in [6.07, 6.45) is 0. The number of anilines is 1. The molecule has 7 heteroatoms. The second-order valence-electron chi connectivity index (χ2n) is 2.98. The highest BCUT2D eigenvalue weighted by atomic mass is 16.5. The molecule has 18 heavy (non-hydrogen) atoms. The molecule has 0 aliphatic rings. The van der Waals surface area contributed by atoms with Crippen LogP contribution in [0.1, 0.15) is 10.4 Å². The van der Waals surface area contributed by atoms with Crippen molar-refractivity contribution in [2.75, 3.05) is 12.5 Å². The lowest BCUT2D eigenvalue weighted by molar-refractivity contribution is 0.0694. The van der Waals surface area contributed by atoms with Crippen LogP contribution in [-0.2, 0) is 0 Å². The Labute approximate surface area is 103 Å². The molecule has 0 bridgehead atoms. The standard InChI is InChI=1S/C11H8N4O3/c1-18-9-4-2-3-8(10(9)11(16)17)15-14-7(5-12)6-13/h2-4,15H,1H3,(H,16,17). The SMILES string of the molecule is COc1cccc(NN=C(C#N)C#N)c1C(=O)O. The summed E-state index contributed by atoms with van der Waals surface area (Å²) in [4.78, 5) is 11.1. The second-order valence-corrected chi connectivity index (χ2v) is 2.98. The van der Waals surface area contributed by atoms with Crippen LogP contribution in [0.3, 0.4) is 0 Å². The molecule has 0 aliphatic heterocycles. The normalized spacial score (nSPS) is 8.61. The maximum atomic E-state index is 11.1. The molecular weight excluding hydrogens is 236 g/mol. The van der Waals surface area contributed by atoms with E-state index in [9.17, 15) is 4.79 Å². The topological polar surface area (TPSA) is 118 Å². The molecule has 0 saturated carbocycles. The van der Waals surface area contributed by atoms with Gasteiger partial charge in [0.15, 0.2) is 0 Å². The number of methoxy groups -OCH3 is 1. The average Bonchev–Trinajstić information content (AvgIpc) is 2.39. The summed E-state index contributed by atoms with van der Waals surface area (Å²) in [5.41, 5.74) is 1.95. The number of aromatic carboxylic acids is 1. The van der Waals surface area contributed by atoms with Crippen LogP contribution in [0.25, 0.3) is 0 Å². The molecule has 0 radical (unpaired) electrons. The molecule has 1 aromatic carbocycles. The van der Waals surface area contributed by atoms with Gasteiger partial charge in [0.25, 0.3) is 0 Å². The zero-order chi connectivity index (χ0) is 13.5. The van der Waals surface area contributed by atoms with Gasteiger partial charge in [-0.1, -0.05) is 6.07 Å². The first kappa shape index (κ1) is 13.0. The zero-order valence-electron chi connectivity index (χ0n) is 9.34. The first-order chi connectivity index (χ1) is 8.63. The number of hydrazone groups is 1. The molecule has 0 heterocycles. The zero-order valence-corrected chi connectivity index (χ0v) is 9.34. The molecule has 0 amide bonds. The number of hydrogen-bond acceptors (Lipinski definition) is 6. The summed E-state index contributed by atoms with van der Waals surface area (Å²) < 4.78 is 4.91. The monoisotopic (exact) mass is 244 g/mol. The van der Waals surface area contributed by atoms with Gasteiger partial charge < -0.3 is 9.84 Å². The van der Waals surface area contributed by atoms with Gasteiger partial charge in [-0.2, -0.15) is 15.6 Å². The lowest BCUT2D eigenvalue weighted by atomic mass is 10.1. The number of hydrogen-bond donors (Lipinski definition) is 2. The van der Waals surface area contributed by atoms with E-state index in [4.69, 9.17) is 20.4 Å². The Bertz CT molecular complexity index is 565. The van der Waals surface area contributed by atoms with Gasteiger partial charge in [0, 0.05) is 0 Å². The highest BCUT2D eigenvalue weighted by molar-refractivity contribution is 6.10. The molecule has 0 aliphatic carbocycles. The molecular formula is C11H8N4O3. The third-order valence-corrected chi connectivity index (χ3v) is 1.96. The van der Waals surface area contributed by atoms with Crippen molar-refractivity contribution < 1.29 is 14.6 Å². The van der Waals surface area contributed by atoms with Crippen LogP contribution >= 0.6 is 0 Å². The van der Waals surface area contributed by atoms with Crippen LogP contribution in [-0.4, -0.2) is 23.9 Å². The summed E-state index contributed by atoms with van der Waals surface area (Å²) in [6, 6.07) is 7.58. The summed E-state index contributed by atoms with van der Waals surface area (Å²) >= 11 is 0. The first-order valence-corrected chi connectivity index (χ1v) is 4.68. The van der Waals surface area contributed by atoms with E-state index in [1.54, 1.807) is 18.2 Å². The van der Waals surface area contributed by atoms with Crippen molar-refractivity contribution in [2.45, 2.75) is 0 Å². The maximum Gasteiger partial charge on any atom is 0.341 e. The minimum Gasteiger partial charge on any atom is -0.496 e. The summed E-state index contributed by atoms with van der Waals surface area (Å²) in [7, 11) is 1.34. The number of benzene rings is 1. The minimum absolute atomic E-state index is 0.126. The van der Waals surface area contributed by atoms with Gasteiger partial charge in [-0.25, -0.2) is 4.79 Å². The van der Waals surface area contributed by atoms with Crippen LogP contribution in [0, 0.1) is 22.7 Å². The van der Waals surface area contributed by atoms with Gasteiger partial charge >= 0.3 is 5.97 Å². The first-order valence-electron chi connectivity index (χ1n) is 4.68. The van der Waals surface area contributed by atoms with Gasteiger partial charge in [-0.05, 0) is 12.1 Å². The van der Waals surface area contributed by atoms with Crippen molar-refractivity contribution in [3.63, 3.8) is 0 Å². The highest BCUT2D eigenvalue weighted by Gasteiger charge is 2.15. The van der Waals surface area contributed by atoms with Crippen molar-refractivity contribution in [2.24, 2.45) is 5.10 Å². The molecule has 90 valence electrons. The highest BCUT2D eigenvalue weighted by Crippen LogP contribution is 2.26. The Balaban J connectivity index is 3.19. The molecule has 2 N–H and O–H groups in total. The number of nitrogens with one attached hydrogen (secondary N) is 1. The smallest absolute Gasteiger partial charge is 0.341 e. The molecule has 0 atom stereocenters. The number of nitriles is 2. The van der Waals surface area contributed by atoms with Gasteiger partial charge in [0.2, 0.25) is 5.71 Å². The molecule has 0 spiro atoms. The Morgan fingerprint density at radius 2 is 2.11 bits per heavy atom. The van der Waals surface area contributed by atoms with Gasteiger partial charge in [-0.3, -0.25) is 5.43 Å². The largest absolute Gasteiger partial charge is 0.496 e. The van der Waals surface area contributed by atoms with Gasteiger partial charge in [-0.15, -0.1) is 0 Å². The van der Waals surface area contributed by atoms with E-state index in [0.29, 0.717) is 0 Å². The average molecular weight is 244 g/mol. The van der Waals surface area contributed by atoms with Crippen LogP contribution in [0.5, 0.6) is 5.75 Å². The number of rotatable bonds is 4. The van der Waals surface area contributed by atoms with Crippen molar-refractivity contribution in [3.05, 3.63) is 23.8 Å².